The number of nitrogens with one attached hydrogen (secondary N) is 1. The van der Waals surface area contributed by atoms with E-state index in [1.54, 1.807) is 17.6 Å². The number of benzene rings is 1. The van der Waals surface area contributed by atoms with Crippen molar-refractivity contribution in [1.29, 1.82) is 0 Å². The minimum Gasteiger partial charge on any atom is -0.464 e. The lowest BCUT2D eigenvalue weighted by atomic mass is 10.1. The number of fused-ring (bicyclic) bond motifs is 1. The molecule has 0 aliphatic carbocycles. The van der Waals surface area contributed by atoms with E-state index in [-0.39, 0.29) is 5.91 Å². The fraction of sp³-hybridized carbons (Fsp3) is 0.190. The topological polar surface area (TPSA) is 52.5 Å². The van der Waals surface area contributed by atoms with Crippen LogP contribution in [0.25, 0.3) is 22.2 Å². The highest BCUT2D eigenvalue weighted by atomic mass is 35.5. The number of piperazine rings is 1. The van der Waals surface area contributed by atoms with Crippen LogP contribution in [0.3, 0.4) is 0 Å². The van der Waals surface area contributed by atoms with Crippen molar-refractivity contribution in [2.45, 2.75) is 0 Å². The molecule has 1 N–H and O–H groups in total. The molecule has 3 aromatic heterocycles. The first-order chi connectivity index (χ1) is 13.7. The van der Waals surface area contributed by atoms with Crippen LogP contribution >= 0.6 is 22.9 Å². The average molecular weight is 412 g/mol. The van der Waals surface area contributed by atoms with Crippen LogP contribution in [0.1, 0.15) is 10.4 Å². The second-order valence-corrected chi connectivity index (χ2v) is 8.49. The van der Waals surface area contributed by atoms with Gasteiger partial charge in [-0.15, -0.1) is 11.3 Å². The van der Waals surface area contributed by atoms with Crippen LogP contribution < -0.4 is 4.90 Å². The first-order valence-electron chi connectivity index (χ1n) is 9.13. The molecule has 1 amide bonds. The molecule has 1 aliphatic heterocycles. The fourth-order valence-electron chi connectivity index (χ4n) is 3.68. The molecule has 7 heteroatoms. The average Bonchev–Trinajstić information content (AvgIpc) is 3.47. The van der Waals surface area contributed by atoms with E-state index in [1.807, 2.05) is 53.6 Å². The number of H-pyrrole nitrogens is 1. The van der Waals surface area contributed by atoms with Gasteiger partial charge < -0.3 is 19.2 Å². The van der Waals surface area contributed by atoms with Crippen LogP contribution in [-0.2, 0) is 0 Å². The molecule has 5 nitrogen and oxygen atoms in total. The first kappa shape index (κ1) is 17.4. The van der Waals surface area contributed by atoms with Gasteiger partial charge in [-0.25, -0.2) is 0 Å². The van der Waals surface area contributed by atoms with Gasteiger partial charge in [-0.1, -0.05) is 11.6 Å². The van der Waals surface area contributed by atoms with Crippen LogP contribution in [0, 0.1) is 0 Å². The maximum absolute atomic E-state index is 13.1. The maximum atomic E-state index is 13.1. The Balaban J connectivity index is 1.35. The monoisotopic (exact) mass is 411 g/mol. The van der Waals surface area contributed by atoms with Gasteiger partial charge in [0.2, 0.25) is 0 Å². The Bertz CT molecular complexity index is 1120. The Kier molecular flexibility index (Phi) is 4.37. The standard InChI is InChI=1S/C21H18ClN3O2S/c22-19-5-6-20(28-19)24-7-9-25(10-8-24)21(26)14-3-4-17-15(12-14)16(13-23-17)18-2-1-11-27-18/h1-6,11-13,23H,7-10H2. The molecule has 4 heterocycles. The molecule has 4 aromatic rings. The number of rotatable bonds is 3. The molecule has 0 unspecified atom stereocenters. The molecule has 0 spiro atoms. The van der Waals surface area contributed by atoms with Crippen molar-refractivity contribution < 1.29 is 9.21 Å². The minimum absolute atomic E-state index is 0.0670. The number of carbonyl (C=O) groups is 1. The van der Waals surface area contributed by atoms with Crippen LogP contribution in [0.4, 0.5) is 5.00 Å². The molecule has 28 heavy (non-hydrogen) atoms. The van der Waals surface area contributed by atoms with Crippen molar-refractivity contribution in [3.05, 3.63) is 64.8 Å². The summed E-state index contributed by atoms with van der Waals surface area (Å²) in [7, 11) is 0. The normalized spacial score (nSPS) is 14.8. The van der Waals surface area contributed by atoms with Crippen LogP contribution in [0.5, 0.6) is 0 Å². The SMILES string of the molecule is O=C(c1ccc2[nH]cc(-c3ccco3)c2c1)N1CCN(c2ccc(Cl)s2)CC1. The van der Waals surface area contributed by atoms with Crippen molar-refractivity contribution in [2.24, 2.45) is 0 Å². The molecule has 0 bridgehead atoms. The fourth-order valence-corrected chi connectivity index (χ4v) is 4.76. The number of amides is 1. The van der Waals surface area contributed by atoms with Crippen molar-refractivity contribution in [3.63, 3.8) is 0 Å². The summed E-state index contributed by atoms with van der Waals surface area (Å²) in [5.74, 6) is 0.858. The number of anilines is 1. The van der Waals surface area contributed by atoms with Crippen molar-refractivity contribution in [3.8, 4) is 11.3 Å². The molecule has 142 valence electrons. The number of nitrogens with zero attached hydrogens (tertiary/aromatic N) is 2. The van der Waals surface area contributed by atoms with Crippen LogP contribution in [-0.4, -0.2) is 42.0 Å². The molecular formula is C21H18ClN3O2S. The van der Waals surface area contributed by atoms with E-state index < -0.39 is 0 Å². The second kappa shape index (κ2) is 7.04. The highest BCUT2D eigenvalue weighted by molar-refractivity contribution is 7.19. The number of aromatic nitrogens is 1. The molecule has 1 saturated heterocycles. The van der Waals surface area contributed by atoms with Crippen molar-refractivity contribution in [2.75, 3.05) is 31.1 Å². The van der Waals surface area contributed by atoms with E-state index >= 15 is 0 Å². The molecule has 0 radical (unpaired) electrons. The Morgan fingerprint density at radius 2 is 1.96 bits per heavy atom. The van der Waals surface area contributed by atoms with Gasteiger partial charge in [0.1, 0.15) is 5.76 Å². The summed E-state index contributed by atoms with van der Waals surface area (Å²) in [5.41, 5.74) is 2.66. The highest BCUT2D eigenvalue weighted by Gasteiger charge is 2.23. The van der Waals surface area contributed by atoms with Gasteiger partial charge in [0, 0.05) is 54.4 Å². The van der Waals surface area contributed by atoms with Gasteiger partial charge in [0.05, 0.1) is 15.6 Å². The van der Waals surface area contributed by atoms with E-state index in [1.165, 1.54) is 0 Å². The van der Waals surface area contributed by atoms with E-state index in [4.69, 9.17) is 16.0 Å². The summed E-state index contributed by atoms with van der Waals surface area (Å²) in [4.78, 5) is 20.5. The molecule has 1 aromatic carbocycles. The zero-order valence-electron chi connectivity index (χ0n) is 15.0. The lowest BCUT2D eigenvalue weighted by molar-refractivity contribution is 0.0747. The number of carbonyl (C=O) groups excluding carboxylic acids is 1. The van der Waals surface area contributed by atoms with Gasteiger partial charge in [0.15, 0.2) is 0 Å². The largest absolute Gasteiger partial charge is 0.464 e. The third-order valence-electron chi connectivity index (χ3n) is 5.15. The van der Waals surface area contributed by atoms with Crippen LogP contribution in [0.2, 0.25) is 4.34 Å². The summed E-state index contributed by atoms with van der Waals surface area (Å²) in [5, 5.41) is 2.15. The van der Waals surface area contributed by atoms with Gasteiger partial charge in [0.25, 0.3) is 5.91 Å². The minimum atomic E-state index is 0.0670. The highest BCUT2D eigenvalue weighted by Crippen LogP contribution is 2.31. The lowest BCUT2D eigenvalue weighted by Gasteiger charge is -2.35. The molecule has 0 saturated carbocycles. The Labute approximate surface area is 171 Å². The van der Waals surface area contributed by atoms with E-state index in [0.717, 1.165) is 44.7 Å². The zero-order valence-corrected chi connectivity index (χ0v) is 16.6. The van der Waals surface area contributed by atoms with Gasteiger partial charge in [-0.3, -0.25) is 4.79 Å². The Hall–Kier alpha value is -2.70. The summed E-state index contributed by atoms with van der Waals surface area (Å²) < 4.78 is 6.32. The predicted molar refractivity (Wildman–Crippen MR) is 113 cm³/mol. The Morgan fingerprint density at radius 1 is 1.11 bits per heavy atom. The number of halogens is 1. The zero-order chi connectivity index (χ0) is 19.1. The summed E-state index contributed by atoms with van der Waals surface area (Å²) >= 11 is 7.62. The maximum Gasteiger partial charge on any atom is 0.253 e. The van der Waals surface area contributed by atoms with Crippen molar-refractivity contribution >= 4 is 44.7 Å². The lowest BCUT2D eigenvalue weighted by Crippen LogP contribution is -2.48. The van der Waals surface area contributed by atoms with Gasteiger partial charge in [-0.2, -0.15) is 0 Å². The number of hydrogen-bond acceptors (Lipinski definition) is 4. The second-order valence-electron chi connectivity index (χ2n) is 6.80. The smallest absolute Gasteiger partial charge is 0.253 e. The number of aromatic amines is 1. The molecular weight excluding hydrogens is 394 g/mol. The van der Waals surface area contributed by atoms with Gasteiger partial charge in [-0.05, 0) is 42.5 Å². The number of thiophene rings is 1. The quantitative estimate of drug-likeness (QED) is 0.510. The Morgan fingerprint density at radius 3 is 2.68 bits per heavy atom. The molecule has 5 rings (SSSR count). The number of furan rings is 1. The summed E-state index contributed by atoms with van der Waals surface area (Å²) in [6.45, 7) is 3.02. The van der Waals surface area contributed by atoms with E-state index in [0.29, 0.717) is 18.7 Å². The predicted octanol–water partition coefficient (Wildman–Crippen LogP) is 5.11. The molecule has 1 fully saturated rings. The van der Waals surface area contributed by atoms with Gasteiger partial charge >= 0.3 is 0 Å². The van der Waals surface area contributed by atoms with Crippen molar-refractivity contribution in [1.82, 2.24) is 9.88 Å². The summed E-state index contributed by atoms with van der Waals surface area (Å²) in [6, 6.07) is 13.5. The molecule has 1 aliphatic rings. The van der Waals surface area contributed by atoms with Crippen LogP contribution in [0.15, 0.2) is 59.3 Å². The third-order valence-corrected chi connectivity index (χ3v) is 6.44. The summed E-state index contributed by atoms with van der Waals surface area (Å²) in [6.07, 6.45) is 3.58. The van der Waals surface area contributed by atoms with E-state index in [2.05, 4.69) is 9.88 Å². The molecule has 0 atom stereocenters. The first-order valence-corrected chi connectivity index (χ1v) is 10.3. The number of hydrogen-bond donors (Lipinski definition) is 1. The van der Waals surface area contributed by atoms with E-state index in [9.17, 15) is 4.79 Å². The third kappa shape index (κ3) is 3.08.